The molecule has 3 aromatic rings. The van der Waals surface area contributed by atoms with Crippen LogP contribution in [0.4, 0.5) is 15.8 Å². The normalized spacial score (nSPS) is 22.4. The number of benzene rings is 2. The quantitative estimate of drug-likeness (QED) is 0.512. The number of likely N-dealkylation sites (N-methyl/N-ethyl adjacent to an activating group) is 1. The van der Waals surface area contributed by atoms with E-state index < -0.39 is 11.9 Å². The Bertz CT molecular complexity index is 1490. The number of rotatable bonds is 4. The molecule has 2 fully saturated rings. The number of amides is 2. The monoisotopic (exact) mass is 537 g/mol. The largest absolute Gasteiger partial charge is 0.496 e. The molecule has 4 heterocycles. The summed E-state index contributed by atoms with van der Waals surface area (Å²) in [5.41, 5.74) is 3.90. The molecule has 8 nitrogen and oxygen atoms in total. The van der Waals surface area contributed by atoms with Crippen molar-refractivity contribution in [1.82, 2.24) is 15.2 Å². The summed E-state index contributed by atoms with van der Waals surface area (Å²) < 4.78 is 20.7. The number of nitrogens with one attached hydrogen (secondary N) is 1. The van der Waals surface area contributed by atoms with Gasteiger partial charge in [-0.3, -0.25) is 14.6 Å². The number of methoxy groups -OCH3 is 1. The van der Waals surface area contributed by atoms with E-state index in [0.29, 0.717) is 59.2 Å². The Balaban J connectivity index is 1.55. The molecule has 1 aromatic heterocycles. The minimum Gasteiger partial charge on any atom is -0.496 e. The first-order valence-corrected chi connectivity index (χ1v) is 13.2. The van der Waals surface area contributed by atoms with Crippen molar-refractivity contribution in [2.75, 3.05) is 43.6 Å². The Kier molecular flexibility index (Phi) is 5.96. The number of pyridine rings is 1. The molecule has 0 spiro atoms. The van der Waals surface area contributed by atoms with Crippen LogP contribution in [0.5, 0.6) is 5.75 Å². The highest BCUT2D eigenvalue weighted by Crippen LogP contribution is 2.48. The number of hydrogen-bond donors (Lipinski definition) is 1. The maximum Gasteiger partial charge on any atom is 0.251 e. The molecule has 198 valence electrons. The molecule has 6 rings (SSSR count). The minimum atomic E-state index is -0.521. The van der Waals surface area contributed by atoms with Crippen LogP contribution in [-0.2, 0) is 16.0 Å². The first-order valence-electron chi connectivity index (χ1n) is 12.8. The first-order chi connectivity index (χ1) is 18.3. The molecule has 2 aromatic carbocycles. The van der Waals surface area contributed by atoms with Crippen molar-refractivity contribution >= 4 is 45.7 Å². The molecule has 3 aliphatic rings. The minimum absolute atomic E-state index is 0.0396. The molecule has 38 heavy (non-hydrogen) atoms. The summed E-state index contributed by atoms with van der Waals surface area (Å²) in [6.45, 7) is 5.48. The highest BCUT2D eigenvalue weighted by Gasteiger charge is 2.46. The zero-order valence-corrected chi connectivity index (χ0v) is 22.5. The SMILES string of the molecule is CCc1c(-c2c(F)cccc2OC)c(Cl)cc2c3c(cnc12)N(C)C(=O)[C@H]1CN(C(=O)[C@H]2CN2)[C@H](C)CN31. The average Bonchev–Trinajstić information content (AvgIpc) is 3.75. The van der Waals surface area contributed by atoms with Crippen molar-refractivity contribution in [2.45, 2.75) is 38.4 Å². The van der Waals surface area contributed by atoms with Crippen LogP contribution in [0.25, 0.3) is 22.0 Å². The van der Waals surface area contributed by atoms with E-state index in [4.69, 9.17) is 21.3 Å². The molecule has 0 aliphatic carbocycles. The number of piperazine rings is 1. The Labute approximate surface area is 225 Å². The molecule has 0 unspecified atom stereocenters. The second-order valence-electron chi connectivity index (χ2n) is 10.1. The zero-order chi connectivity index (χ0) is 26.9. The smallest absolute Gasteiger partial charge is 0.251 e. The summed E-state index contributed by atoms with van der Waals surface area (Å²) in [7, 11) is 3.24. The Morgan fingerprint density at radius 2 is 2.05 bits per heavy atom. The Morgan fingerprint density at radius 3 is 2.74 bits per heavy atom. The molecule has 3 aliphatic heterocycles. The summed E-state index contributed by atoms with van der Waals surface area (Å²) in [6.07, 6.45) is 2.26. The van der Waals surface area contributed by atoms with Crippen molar-refractivity contribution in [2.24, 2.45) is 0 Å². The molecule has 1 N–H and O–H groups in total. The van der Waals surface area contributed by atoms with Crippen LogP contribution >= 0.6 is 11.6 Å². The molecule has 2 amide bonds. The molecule has 3 atom stereocenters. The van der Waals surface area contributed by atoms with Gasteiger partial charge in [-0.2, -0.15) is 0 Å². The predicted molar refractivity (Wildman–Crippen MR) is 146 cm³/mol. The van der Waals surface area contributed by atoms with Crippen LogP contribution < -0.4 is 19.9 Å². The number of ether oxygens (including phenoxy) is 1. The van der Waals surface area contributed by atoms with Crippen molar-refractivity contribution in [3.8, 4) is 16.9 Å². The number of carbonyl (C=O) groups excluding carboxylic acids is 2. The standard InChI is InChI=1S/C28H29ClFN5O3/c1-5-15-23(24-18(30)7-6-8-22(24)38-4)17(29)9-16-25(15)32-11-20-26(16)35-12-14(2)34(27(36)19-10-31-19)13-21(35)28(37)33(20)3/h6-9,11,14,19,21,31H,5,10,12-13H2,1-4H3/t14-,19-,21-/m1/s1. The van der Waals surface area contributed by atoms with Gasteiger partial charge in [-0.15, -0.1) is 0 Å². The fourth-order valence-corrected chi connectivity index (χ4v) is 6.26. The van der Waals surface area contributed by atoms with Crippen LogP contribution in [0.15, 0.2) is 30.5 Å². The van der Waals surface area contributed by atoms with Gasteiger partial charge in [0.05, 0.1) is 48.3 Å². The second-order valence-corrected chi connectivity index (χ2v) is 10.5. The van der Waals surface area contributed by atoms with Crippen LogP contribution in [0.3, 0.4) is 0 Å². The van der Waals surface area contributed by atoms with Crippen LogP contribution in [0, 0.1) is 5.82 Å². The maximum atomic E-state index is 15.2. The van der Waals surface area contributed by atoms with Crippen molar-refractivity contribution in [1.29, 1.82) is 0 Å². The van der Waals surface area contributed by atoms with Gasteiger partial charge in [0, 0.05) is 42.2 Å². The van der Waals surface area contributed by atoms with Crippen molar-refractivity contribution in [3.63, 3.8) is 0 Å². The van der Waals surface area contributed by atoms with Gasteiger partial charge in [0.25, 0.3) is 5.91 Å². The number of hydrogen-bond acceptors (Lipinski definition) is 6. The predicted octanol–water partition coefficient (Wildman–Crippen LogP) is 3.62. The maximum absolute atomic E-state index is 15.2. The molecule has 0 bridgehead atoms. The molecule has 2 saturated heterocycles. The second kappa shape index (κ2) is 9.10. The fraction of sp³-hybridized carbons (Fsp3) is 0.393. The number of fused-ring (bicyclic) bond motifs is 5. The molecule has 10 heteroatoms. The van der Waals surface area contributed by atoms with E-state index >= 15 is 4.39 Å². The third-order valence-corrected chi connectivity index (χ3v) is 8.26. The molecule has 0 radical (unpaired) electrons. The van der Waals surface area contributed by atoms with E-state index in [0.717, 1.165) is 16.6 Å². The third kappa shape index (κ3) is 3.63. The van der Waals surface area contributed by atoms with Gasteiger partial charge >= 0.3 is 0 Å². The van der Waals surface area contributed by atoms with Crippen molar-refractivity contribution in [3.05, 3.63) is 46.9 Å². The number of halogens is 2. The number of aryl methyl sites for hydroxylation is 1. The third-order valence-electron chi connectivity index (χ3n) is 7.96. The Hall–Kier alpha value is -3.43. The zero-order valence-electron chi connectivity index (χ0n) is 21.7. The molecule has 0 saturated carbocycles. The number of aromatic nitrogens is 1. The molecular formula is C28H29ClFN5O3. The van der Waals surface area contributed by atoms with Gasteiger partial charge in [-0.05, 0) is 37.1 Å². The number of carbonyl (C=O) groups is 2. The van der Waals surface area contributed by atoms with Crippen LogP contribution in [0.2, 0.25) is 5.02 Å². The fourth-order valence-electron chi connectivity index (χ4n) is 5.94. The lowest BCUT2D eigenvalue weighted by Crippen LogP contribution is -2.66. The highest BCUT2D eigenvalue weighted by atomic mass is 35.5. The van der Waals surface area contributed by atoms with Crippen LogP contribution in [-0.4, -0.2) is 73.6 Å². The lowest BCUT2D eigenvalue weighted by atomic mass is 9.91. The van der Waals surface area contributed by atoms with Crippen molar-refractivity contribution < 1.29 is 18.7 Å². The lowest BCUT2D eigenvalue weighted by molar-refractivity contribution is -0.134. The summed E-state index contributed by atoms with van der Waals surface area (Å²) in [6, 6.07) is 5.76. The van der Waals surface area contributed by atoms with E-state index in [1.54, 1.807) is 30.3 Å². The van der Waals surface area contributed by atoms with Gasteiger partial charge in [-0.1, -0.05) is 24.6 Å². The van der Waals surface area contributed by atoms with E-state index in [-0.39, 0.29) is 23.9 Å². The van der Waals surface area contributed by atoms with E-state index in [9.17, 15) is 9.59 Å². The van der Waals surface area contributed by atoms with Gasteiger partial charge < -0.3 is 24.8 Å². The van der Waals surface area contributed by atoms with E-state index in [2.05, 4.69) is 10.2 Å². The number of nitrogens with zero attached hydrogens (tertiary/aromatic N) is 4. The van der Waals surface area contributed by atoms with Crippen LogP contribution in [0.1, 0.15) is 19.4 Å². The Morgan fingerprint density at radius 1 is 1.29 bits per heavy atom. The van der Waals surface area contributed by atoms with Gasteiger partial charge in [-0.25, -0.2) is 4.39 Å². The topological polar surface area (TPSA) is 87.9 Å². The van der Waals surface area contributed by atoms with Gasteiger partial charge in [0.15, 0.2) is 0 Å². The van der Waals surface area contributed by atoms with E-state index in [1.165, 1.54) is 13.2 Å². The summed E-state index contributed by atoms with van der Waals surface area (Å²) in [5, 5.41) is 4.25. The summed E-state index contributed by atoms with van der Waals surface area (Å²) in [5.74, 6) is -0.0769. The van der Waals surface area contributed by atoms with E-state index in [1.807, 2.05) is 24.8 Å². The molecular weight excluding hydrogens is 509 g/mol. The number of anilines is 2. The van der Waals surface area contributed by atoms with Gasteiger partial charge in [0.1, 0.15) is 17.6 Å². The lowest BCUT2D eigenvalue weighted by Gasteiger charge is -2.50. The first kappa shape index (κ1) is 24.9. The average molecular weight is 538 g/mol. The highest BCUT2D eigenvalue weighted by molar-refractivity contribution is 6.35. The summed E-state index contributed by atoms with van der Waals surface area (Å²) in [4.78, 5) is 36.7. The van der Waals surface area contributed by atoms with Gasteiger partial charge in [0.2, 0.25) is 5.91 Å². The summed E-state index contributed by atoms with van der Waals surface area (Å²) >= 11 is 6.93.